The first-order valence-corrected chi connectivity index (χ1v) is 6.95. The molecule has 3 aromatic rings. The lowest BCUT2D eigenvalue weighted by atomic mass is 10.1. The second-order valence-corrected chi connectivity index (χ2v) is 5.62. The van der Waals surface area contributed by atoms with Gasteiger partial charge in [-0.1, -0.05) is 6.07 Å². The van der Waals surface area contributed by atoms with E-state index in [1.54, 1.807) is 6.92 Å². The third kappa shape index (κ3) is 1.79. The maximum atomic E-state index is 11.7. The predicted molar refractivity (Wildman–Crippen MR) is 81.4 cm³/mol. The van der Waals surface area contributed by atoms with Crippen molar-refractivity contribution in [2.24, 2.45) is 0 Å². The molecular formula is C15H14N2OS. The number of fused-ring (bicyclic) bond motifs is 3. The van der Waals surface area contributed by atoms with Gasteiger partial charge in [-0.15, -0.1) is 11.3 Å². The average molecular weight is 270 g/mol. The minimum atomic E-state index is 0.0961. The highest BCUT2D eigenvalue weighted by atomic mass is 32.1. The molecule has 1 aromatic carbocycles. The molecule has 0 saturated heterocycles. The van der Waals surface area contributed by atoms with Crippen molar-refractivity contribution in [1.82, 2.24) is 4.98 Å². The van der Waals surface area contributed by atoms with Crippen molar-refractivity contribution in [1.29, 1.82) is 0 Å². The van der Waals surface area contributed by atoms with Gasteiger partial charge in [0.25, 0.3) is 0 Å². The van der Waals surface area contributed by atoms with Gasteiger partial charge in [0.1, 0.15) is 0 Å². The second-order valence-electron chi connectivity index (χ2n) is 4.57. The number of Topliss-reactive ketones (excluding diaryl/α,β-unsaturated/α-hetero) is 1. The van der Waals surface area contributed by atoms with Crippen molar-refractivity contribution < 1.29 is 4.79 Å². The number of nitrogens with zero attached hydrogens (tertiary/aromatic N) is 1. The van der Waals surface area contributed by atoms with Gasteiger partial charge in [-0.05, 0) is 25.1 Å². The lowest BCUT2D eigenvalue weighted by Gasteiger charge is -2.04. The van der Waals surface area contributed by atoms with Crippen LogP contribution in [0.2, 0.25) is 0 Å². The number of hydrogen-bond donors (Lipinski definition) is 1. The van der Waals surface area contributed by atoms with Crippen LogP contribution in [0.25, 0.3) is 21.0 Å². The van der Waals surface area contributed by atoms with Gasteiger partial charge >= 0.3 is 0 Å². The van der Waals surface area contributed by atoms with E-state index in [0.717, 1.165) is 37.2 Å². The van der Waals surface area contributed by atoms with Crippen molar-refractivity contribution >= 4 is 43.8 Å². The third-order valence-corrected chi connectivity index (χ3v) is 4.49. The fourth-order valence-corrected chi connectivity index (χ4v) is 3.51. The van der Waals surface area contributed by atoms with Crippen LogP contribution in [-0.2, 0) is 0 Å². The molecule has 0 aliphatic carbocycles. The Kier molecular flexibility index (Phi) is 2.75. The van der Waals surface area contributed by atoms with E-state index in [9.17, 15) is 4.79 Å². The maximum absolute atomic E-state index is 11.7. The zero-order chi connectivity index (χ0) is 13.6. The van der Waals surface area contributed by atoms with Gasteiger partial charge in [0.05, 0.1) is 16.1 Å². The van der Waals surface area contributed by atoms with E-state index in [0.29, 0.717) is 0 Å². The van der Waals surface area contributed by atoms with Gasteiger partial charge in [0.2, 0.25) is 0 Å². The summed E-state index contributed by atoms with van der Waals surface area (Å²) in [7, 11) is 1.86. The van der Waals surface area contributed by atoms with Crippen LogP contribution in [0.4, 0.5) is 5.69 Å². The van der Waals surface area contributed by atoms with Crippen LogP contribution < -0.4 is 5.32 Å². The van der Waals surface area contributed by atoms with E-state index in [1.807, 2.05) is 32.2 Å². The molecule has 0 saturated carbocycles. The Labute approximate surface area is 115 Å². The molecule has 0 bridgehead atoms. The van der Waals surface area contributed by atoms with Crippen LogP contribution >= 0.6 is 11.3 Å². The summed E-state index contributed by atoms with van der Waals surface area (Å²) in [5.41, 5.74) is 2.89. The van der Waals surface area contributed by atoms with E-state index in [1.165, 1.54) is 11.3 Å². The van der Waals surface area contributed by atoms with Gasteiger partial charge in [-0.3, -0.25) is 9.78 Å². The molecule has 3 nitrogen and oxygen atoms in total. The molecule has 3 rings (SSSR count). The van der Waals surface area contributed by atoms with Crippen molar-refractivity contribution in [2.75, 3.05) is 12.4 Å². The van der Waals surface area contributed by atoms with E-state index in [-0.39, 0.29) is 5.78 Å². The molecule has 0 fully saturated rings. The number of carbonyl (C=O) groups excluding carboxylic acids is 1. The topological polar surface area (TPSA) is 42.0 Å². The van der Waals surface area contributed by atoms with Crippen LogP contribution in [0.15, 0.2) is 24.3 Å². The molecule has 2 heterocycles. The number of benzene rings is 1. The average Bonchev–Trinajstić information content (AvgIpc) is 2.77. The van der Waals surface area contributed by atoms with Crippen LogP contribution in [-0.4, -0.2) is 17.8 Å². The first-order valence-electron chi connectivity index (χ1n) is 6.13. The highest BCUT2D eigenvalue weighted by Gasteiger charge is 2.16. The van der Waals surface area contributed by atoms with Crippen molar-refractivity contribution in [2.45, 2.75) is 13.8 Å². The Hall–Kier alpha value is -1.94. The van der Waals surface area contributed by atoms with Crippen LogP contribution in [0.1, 0.15) is 22.3 Å². The van der Waals surface area contributed by atoms with Gasteiger partial charge in [0.15, 0.2) is 5.78 Å². The summed E-state index contributed by atoms with van der Waals surface area (Å²) in [6.45, 7) is 3.59. The highest BCUT2D eigenvalue weighted by molar-refractivity contribution is 7.21. The van der Waals surface area contributed by atoms with Gasteiger partial charge in [0, 0.05) is 35.1 Å². The molecule has 0 radical (unpaired) electrons. The molecule has 19 heavy (non-hydrogen) atoms. The molecule has 0 aliphatic rings. The molecule has 0 amide bonds. The first-order chi connectivity index (χ1) is 9.11. The second kappa shape index (κ2) is 4.31. The molecule has 96 valence electrons. The number of aryl methyl sites for hydroxylation is 1. The van der Waals surface area contributed by atoms with Gasteiger partial charge in [-0.25, -0.2) is 0 Å². The Morgan fingerprint density at radius 1 is 1.26 bits per heavy atom. The molecule has 0 aliphatic heterocycles. The number of carbonyl (C=O) groups is 1. The van der Waals surface area contributed by atoms with Gasteiger partial charge < -0.3 is 5.32 Å². The van der Waals surface area contributed by atoms with Gasteiger partial charge in [-0.2, -0.15) is 0 Å². The zero-order valence-electron chi connectivity index (χ0n) is 11.1. The normalized spacial score (nSPS) is 11.1. The molecule has 2 aromatic heterocycles. The summed E-state index contributed by atoms with van der Waals surface area (Å²) >= 11 is 1.54. The summed E-state index contributed by atoms with van der Waals surface area (Å²) in [5.74, 6) is 0.0961. The van der Waals surface area contributed by atoms with E-state index in [4.69, 9.17) is 0 Å². The molecule has 0 spiro atoms. The number of aromatic nitrogens is 1. The standard InChI is InChI=1S/C15H14N2OS/c1-8-4-5-10-11(17-8)6-7-12-13(10)14(16-3)15(19-12)9(2)18/h4-7,16H,1-3H3. The van der Waals surface area contributed by atoms with Crippen molar-refractivity contribution in [3.63, 3.8) is 0 Å². The van der Waals surface area contributed by atoms with Crippen molar-refractivity contribution in [3.8, 4) is 0 Å². The smallest absolute Gasteiger partial charge is 0.171 e. The fraction of sp³-hybridized carbons (Fsp3) is 0.200. The van der Waals surface area contributed by atoms with Crippen LogP contribution in [0.5, 0.6) is 0 Å². The summed E-state index contributed by atoms with van der Waals surface area (Å²) in [6.07, 6.45) is 0. The summed E-state index contributed by atoms with van der Waals surface area (Å²) < 4.78 is 1.12. The Balaban J connectivity index is 2.50. The number of thiophene rings is 1. The van der Waals surface area contributed by atoms with E-state index >= 15 is 0 Å². The number of nitrogens with one attached hydrogen (secondary N) is 1. The lowest BCUT2D eigenvalue weighted by Crippen LogP contribution is -1.95. The lowest BCUT2D eigenvalue weighted by molar-refractivity contribution is 0.102. The number of pyridine rings is 1. The van der Waals surface area contributed by atoms with E-state index in [2.05, 4.69) is 16.4 Å². The number of ketones is 1. The summed E-state index contributed by atoms with van der Waals surface area (Å²) in [4.78, 5) is 17.1. The monoisotopic (exact) mass is 270 g/mol. The van der Waals surface area contributed by atoms with E-state index < -0.39 is 0 Å². The van der Waals surface area contributed by atoms with Crippen LogP contribution in [0, 0.1) is 6.92 Å². The molecule has 4 heteroatoms. The van der Waals surface area contributed by atoms with Crippen molar-refractivity contribution in [3.05, 3.63) is 34.8 Å². The van der Waals surface area contributed by atoms with Crippen LogP contribution in [0.3, 0.4) is 0 Å². The largest absolute Gasteiger partial charge is 0.386 e. The number of hydrogen-bond acceptors (Lipinski definition) is 4. The zero-order valence-corrected chi connectivity index (χ0v) is 11.9. The first kappa shape index (κ1) is 12.1. The molecular weight excluding hydrogens is 256 g/mol. The maximum Gasteiger partial charge on any atom is 0.171 e. The SMILES string of the molecule is CNc1c(C(C)=O)sc2ccc3nc(C)ccc3c12. The minimum Gasteiger partial charge on any atom is -0.386 e. The predicted octanol–water partition coefficient (Wildman–Crippen LogP) is 4.00. The number of anilines is 1. The molecule has 0 atom stereocenters. The number of rotatable bonds is 2. The fourth-order valence-electron chi connectivity index (χ4n) is 2.39. The summed E-state index contributed by atoms with van der Waals surface area (Å²) in [5, 5.41) is 5.36. The minimum absolute atomic E-state index is 0.0961. The quantitative estimate of drug-likeness (QED) is 0.716. The Bertz CT molecular complexity index is 805. The third-order valence-electron chi connectivity index (χ3n) is 3.23. The highest BCUT2D eigenvalue weighted by Crippen LogP contribution is 2.39. The molecule has 1 N–H and O–H groups in total. The Morgan fingerprint density at radius 3 is 2.74 bits per heavy atom. The Morgan fingerprint density at radius 2 is 2.05 bits per heavy atom. The molecule has 0 unspecified atom stereocenters. The summed E-state index contributed by atoms with van der Waals surface area (Å²) in [6, 6.07) is 8.15.